The van der Waals surface area contributed by atoms with E-state index in [0.29, 0.717) is 11.3 Å². The van der Waals surface area contributed by atoms with Crippen molar-refractivity contribution in [1.29, 1.82) is 0 Å². The minimum atomic E-state index is -0.629. The Labute approximate surface area is 133 Å². The van der Waals surface area contributed by atoms with Crippen LogP contribution in [0, 0.1) is 0 Å². The highest BCUT2D eigenvalue weighted by molar-refractivity contribution is 5.98. The van der Waals surface area contributed by atoms with Crippen LogP contribution in [0.25, 0.3) is 0 Å². The number of nitrogens with one attached hydrogen (secondary N) is 1. The van der Waals surface area contributed by atoms with Gasteiger partial charge in [0.25, 0.3) is 11.8 Å². The number of amides is 2. The molecule has 0 bridgehead atoms. The van der Waals surface area contributed by atoms with Crippen LogP contribution in [0.3, 0.4) is 0 Å². The summed E-state index contributed by atoms with van der Waals surface area (Å²) in [6.45, 7) is 1.17. The summed E-state index contributed by atoms with van der Waals surface area (Å²) in [5, 5.41) is 2.62. The van der Waals surface area contributed by atoms with Gasteiger partial charge in [-0.25, -0.2) is 0 Å². The summed E-state index contributed by atoms with van der Waals surface area (Å²) in [7, 11) is 0. The first-order valence-corrected chi connectivity index (χ1v) is 6.90. The van der Waals surface area contributed by atoms with Crippen LogP contribution in [0.15, 0.2) is 48.5 Å². The molecule has 2 amide bonds. The largest absolute Gasteiger partial charge is 0.483 e. The van der Waals surface area contributed by atoms with Crippen molar-refractivity contribution in [3.63, 3.8) is 0 Å². The number of Topliss-reactive ketones (excluding diaryl/α,β-unsaturated/α-hetero) is 1. The standard InChI is InChI=1S/C17H16N2O4/c1-11(20)12-5-4-6-13(9-12)19-16(21)10-23-15-8-3-2-7-14(15)17(18)22/h2-9H,10H2,1H3,(H2,18,22)(H,19,21). The molecule has 0 spiro atoms. The van der Waals surface area contributed by atoms with E-state index in [4.69, 9.17) is 10.5 Å². The van der Waals surface area contributed by atoms with E-state index in [1.165, 1.54) is 13.0 Å². The van der Waals surface area contributed by atoms with Crippen molar-refractivity contribution in [2.24, 2.45) is 5.73 Å². The van der Waals surface area contributed by atoms with Crippen molar-refractivity contribution in [1.82, 2.24) is 0 Å². The molecule has 0 heterocycles. The van der Waals surface area contributed by atoms with Gasteiger partial charge < -0.3 is 15.8 Å². The van der Waals surface area contributed by atoms with Crippen LogP contribution in [0.4, 0.5) is 5.69 Å². The van der Waals surface area contributed by atoms with Gasteiger partial charge in [0.2, 0.25) is 0 Å². The van der Waals surface area contributed by atoms with E-state index in [-0.39, 0.29) is 23.7 Å². The number of rotatable bonds is 6. The molecule has 0 fully saturated rings. The number of hydrogen-bond acceptors (Lipinski definition) is 4. The summed E-state index contributed by atoms with van der Waals surface area (Å²) in [4.78, 5) is 34.5. The Morgan fingerprint density at radius 3 is 2.52 bits per heavy atom. The maximum atomic E-state index is 11.9. The predicted octanol–water partition coefficient (Wildman–Crippen LogP) is 2.01. The van der Waals surface area contributed by atoms with Gasteiger partial charge in [0.15, 0.2) is 12.4 Å². The Morgan fingerprint density at radius 2 is 1.83 bits per heavy atom. The zero-order valence-corrected chi connectivity index (χ0v) is 12.5. The normalized spacial score (nSPS) is 9.96. The zero-order chi connectivity index (χ0) is 16.8. The Balaban J connectivity index is 2.00. The molecule has 0 saturated heterocycles. The van der Waals surface area contributed by atoms with Crippen molar-refractivity contribution in [3.05, 3.63) is 59.7 Å². The minimum Gasteiger partial charge on any atom is -0.483 e. The van der Waals surface area contributed by atoms with Gasteiger partial charge >= 0.3 is 0 Å². The fourth-order valence-corrected chi connectivity index (χ4v) is 1.95. The highest BCUT2D eigenvalue weighted by Crippen LogP contribution is 2.17. The maximum absolute atomic E-state index is 11.9. The lowest BCUT2D eigenvalue weighted by Crippen LogP contribution is -2.21. The van der Waals surface area contributed by atoms with Gasteiger partial charge in [-0.3, -0.25) is 14.4 Å². The van der Waals surface area contributed by atoms with Gasteiger partial charge in [-0.15, -0.1) is 0 Å². The van der Waals surface area contributed by atoms with E-state index < -0.39 is 11.8 Å². The highest BCUT2D eigenvalue weighted by atomic mass is 16.5. The van der Waals surface area contributed by atoms with Crippen LogP contribution < -0.4 is 15.8 Å². The molecule has 0 aliphatic rings. The van der Waals surface area contributed by atoms with Crippen molar-refractivity contribution in [2.45, 2.75) is 6.92 Å². The molecule has 2 rings (SSSR count). The fraction of sp³-hybridized carbons (Fsp3) is 0.118. The average Bonchev–Trinajstić information content (AvgIpc) is 2.53. The number of nitrogens with two attached hydrogens (primary N) is 1. The van der Waals surface area contributed by atoms with E-state index in [0.717, 1.165) is 0 Å². The van der Waals surface area contributed by atoms with E-state index in [1.807, 2.05) is 0 Å². The number of carbonyl (C=O) groups excluding carboxylic acids is 3. The van der Waals surface area contributed by atoms with Crippen molar-refractivity contribution < 1.29 is 19.1 Å². The molecule has 0 atom stereocenters. The van der Waals surface area contributed by atoms with Gasteiger partial charge in [0.05, 0.1) is 5.56 Å². The van der Waals surface area contributed by atoms with Crippen LogP contribution in [-0.4, -0.2) is 24.2 Å². The summed E-state index contributed by atoms with van der Waals surface area (Å²) in [5.41, 5.74) is 6.44. The number of carbonyl (C=O) groups is 3. The Hall–Kier alpha value is -3.15. The van der Waals surface area contributed by atoms with E-state index >= 15 is 0 Å². The molecule has 6 nitrogen and oxygen atoms in total. The minimum absolute atomic E-state index is 0.0901. The Morgan fingerprint density at radius 1 is 1.09 bits per heavy atom. The van der Waals surface area contributed by atoms with Gasteiger partial charge in [0.1, 0.15) is 5.75 Å². The molecule has 0 aliphatic heterocycles. The van der Waals surface area contributed by atoms with Crippen molar-refractivity contribution in [2.75, 3.05) is 11.9 Å². The molecule has 3 N–H and O–H groups in total. The van der Waals surface area contributed by atoms with Crippen LogP contribution in [0.5, 0.6) is 5.75 Å². The first kappa shape index (κ1) is 16.2. The Kier molecular flexibility index (Phi) is 5.09. The summed E-state index contributed by atoms with van der Waals surface area (Å²) in [6.07, 6.45) is 0. The van der Waals surface area contributed by atoms with Gasteiger partial charge in [0, 0.05) is 11.3 Å². The smallest absolute Gasteiger partial charge is 0.262 e. The van der Waals surface area contributed by atoms with E-state index in [9.17, 15) is 14.4 Å². The summed E-state index contributed by atoms with van der Waals surface area (Å²) in [6, 6.07) is 13.0. The third-order valence-electron chi connectivity index (χ3n) is 3.06. The topological polar surface area (TPSA) is 98.5 Å². The van der Waals surface area contributed by atoms with Crippen molar-refractivity contribution >= 4 is 23.3 Å². The quantitative estimate of drug-likeness (QED) is 0.797. The number of ketones is 1. The molecular weight excluding hydrogens is 296 g/mol. The molecule has 0 aliphatic carbocycles. The predicted molar refractivity (Wildman–Crippen MR) is 85.5 cm³/mol. The third-order valence-corrected chi connectivity index (χ3v) is 3.06. The number of hydrogen-bond donors (Lipinski definition) is 2. The fourth-order valence-electron chi connectivity index (χ4n) is 1.95. The SMILES string of the molecule is CC(=O)c1cccc(NC(=O)COc2ccccc2C(N)=O)c1. The van der Waals surface area contributed by atoms with Crippen molar-refractivity contribution in [3.8, 4) is 5.75 Å². The first-order valence-electron chi connectivity index (χ1n) is 6.90. The Bertz CT molecular complexity index is 756. The number of benzene rings is 2. The maximum Gasteiger partial charge on any atom is 0.262 e. The second-order valence-electron chi connectivity index (χ2n) is 4.83. The van der Waals surface area contributed by atoms with Crippen LogP contribution in [0.2, 0.25) is 0 Å². The molecule has 118 valence electrons. The second kappa shape index (κ2) is 7.22. The molecule has 0 aromatic heterocycles. The highest BCUT2D eigenvalue weighted by Gasteiger charge is 2.11. The molecule has 0 saturated carbocycles. The van der Waals surface area contributed by atoms with Crippen LogP contribution in [-0.2, 0) is 4.79 Å². The molecule has 0 radical (unpaired) electrons. The van der Waals surface area contributed by atoms with Crippen LogP contribution in [0.1, 0.15) is 27.6 Å². The monoisotopic (exact) mass is 312 g/mol. The number of para-hydroxylation sites is 1. The summed E-state index contributed by atoms with van der Waals surface area (Å²) in [5.74, 6) is -0.888. The third kappa shape index (κ3) is 4.41. The number of primary amides is 1. The summed E-state index contributed by atoms with van der Waals surface area (Å²) >= 11 is 0. The molecule has 23 heavy (non-hydrogen) atoms. The molecule has 6 heteroatoms. The van der Waals surface area contributed by atoms with E-state index in [1.54, 1.807) is 42.5 Å². The molecule has 2 aromatic rings. The lowest BCUT2D eigenvalue weighted by Gasteiger charge is -2.10. The van der Waals surface area contributed by atoms with Gasteiger partial charge in [-0.1, -0.05) is 24.3 Å². The van der Waals surface area contributed by atoms with E-state index in [2.05, 4.69) is 5.32 Å². The second-order valence-corrected chi connectivity index (χ2v) is 4.83. The number of ether oxygens (including phenoxy) is 1. The molecular formula is C17H16N2O4. The van der Waals surface area contributed by atoms with Gasteiger partial charge in [-0.05, 0) is 31.2 Å². The molecule has 2 aromatic carbocycles. The average molecular weight is 312 g/mol. The van der Waals surface area contributed by atoms with Gasteiger partial charge in [-0.2, -0.15) is 0 Å². The lowest BCUT2D eigenvalue weighted by atomic mass is 10.1. The van der Waals surface area contributed by atoms with Crippen LogP contribution >= 0.6 is 0 Å². The first-order chi connectivity index (χ1) is 11.0. The zero-order valence-electron chi connectivity index (χ0n) is 12.5. The number of anilines is 1. The lowest BCUT2D eigenvalue weighted by molar-refractivity contribution is -0.118. The summed E-state index contributed by atoms with van der Waals surface area (Å²) < 4.78 is 5.33. The molecule has 0 unspecified atom stereocenters.